The lowest BCUT2D eigenvalue weighted by molar-refractivity contribution is 0.294. The third-order valence-corrected chi connectivity index (χ3v) is 6.14. The third-order valence-electron chi connectivity index (χ3n) is 3.93. The predicted molar refractivity (Wildman–Crippen MR) is 78.1 cm³/mol. The zero-order valence-electron chi connectivity index (χ0n) is 12.4. The lowest BCUT2D eigenvalue weighted by Crippen LogP contribution is -2.39. The smallest absolute Gasteiger partial charge is 0.246 e. The maximum atomic E-state index is 12.8. The summed E-state index contributed by atoms with van der Waals surface area (Å²) in [6.45, 7) is 8.43. The number of sulfonamides is 1. The fraction of sp³-hybridized carbons (Fsp3) is 0.769. The van der Waals surface area contributed by atoms with Crippen LogP contribution in [0.2, 0.25) is 0 Å². The van der Waals surface area contributed by atoms with Crippen LogP contribution in [0.3, 0.4) is 0 Å². The van der Waals surface area contributed by atoms with E-state index in [1.54, 1.807) is 18.2 Å². The Hall–Kier alpha value is -0.920. The Bertz CT molecular complexity index is 527. The molecule has 1 aliphatic rings. The van der Waals surface area contributed by atoms with Gasteiger partial charge in [-0.3, -0.25) is 5.10 Å². The van der Waals surface area contributed by atoms with Gasteiger partial charge in [-0.15, -0.1) is 0 Å². The molecule has 1 aromatic heterocycles. The molecular weight excluding hydrogens is 276 g/mol. The largest absolute Gasteiger partial charge is 0.317 e. The van der Waals surface area contributed by atoms with Gasteiger partial charge in [0.05, 0.1) is 11.4 Å². The Balaban J connectivity index is 2.21. The fourth-order valence-electron chi connectivity index (χ4n) is 2.80. The molecular formula is C13H24N4O2S. The number of nitrogens with one attached hydrogen (secondary N) is 2. The molecule has 0 amide bonds. The van der Waals surface area contributed by atoms with Gasteiger partial charge >= 0.3 is 0 Å². The molecule has 0 unspecified atom stereocenters. The van der Waals surface area contributed by atoms with Crippen LogP contribution < -0.4 is 5.32 Å². The molecule has 2 heterocycles. The van der Waals surface area contributed by atoms with Crippen LogP contribution in [-0.2, 0) is 10.0 Å². The number of hydrogen-bond acceptors (Lipinski definition) is 4. The van der Waals surface area contributed by atoms with Gasteiger partial charge in [-0.2, -0.15) is 9.40 Å². The van der Waals surface area contributed by atoms with Crippen molar-refractivity contribution in [2.75, 3.05) is 26.2 Å². The molecule has 6 nitrogen and oxygen atoms in total. The summed E-state index contributed by atoms with van der Waals surface area (Å²) in [6.07, 6.45) is 2.07. The first-order valence-corrected chi connectivity index (χ1v) is 8.63. The number of piperidine rings is 1. The van der Waals surface area contributed by atoms with Crippen LogP contribution in [-0.4, -0.2) is 49.1 Å². The van der Waals surface area contributed by atoms with Gasteiger partial charge in [-0.05, 0) is 45.7 Å². The van der Waals surface area contributed by atoms with Gasteiger partial charge in [0.15, 0.2) is 0 Å². The van der Waals surface area contributed by atoms with Crippen molar-refractivity contribution in [1.29, 1.82) is 0 Å². The van der Waals surface area contributed by atoms with E-state index in [0.717, 1.165) is 25.9 Å². The second-order valence-electron chi connectivity index (χ2n) is 5.41. The molecule has 2 rings (SSSR count). The summed E-state index contributed by atoms with van der Waals surface area (Å²) >= 11 is 0. The van der Waals surface area contributed by atoms with Crippen LogP contribution in [0, 0.1) is 19.8 Å². The summed E-state index contributed by atoms with van der Waals surface area (Å²) in [5, 5.41) is 10.1. The van der Waals surface area contributed by atoms with Gasteiger partial charge in [0, 0.05) is 13.1 Å². The highest BCUT2D eigenvalue weighted by Crippen LogP contribution is 2.24. The van der Waals surface area contributed by atoms with Gasteiger partial charge in [0.2, 0.25) is 10.0 Å². The molecule has 1 saturated heterocycles. The van der Waals surface area contributed by atoms with Crippen molar-refractivity contribution < 1.29 is 8.42 Å². The summed E-state index contributed by atoms with van der Waals surface area (Å²) in [4.78, 5) is 0.341. The van der Waals surface area contributed by atoms with Crippen LogP contribution in [0.15, 0.2) is 4.90 Å². The van der Waals surface area contributed by atoms with Crippen molar-refractivity contribution in [2.45, 2.75) is 38.5 Å². The molecule has 0 bridgehead atoms. The first kappa shape index (κ1) is 15.5. The van der Waals surface area contributed by atoms with Gasteiger partial charge in [0.1, 0.15) is 4.90 Å². The number of aromatic amines is 1. The van der Waals surface area contributed by atoms with E-state index in [2.05, 4.69) is 15.5 Å². The number of H-pyrrole nitrogens is 1. The van der Waals surface area contributed by atoms with E-state index in [1.807, 2.05) is 6.92 Å². The van der Waals surface area contributed by atoms with E-state index in [1.165, 1.54) is 0 Å². The normalized spacial score (nSPS) is 17.8. The average Bonchev–Trinajstić information content (AvgIpc) is 2.77. The monoisotopic (exact) mass is 300 g/mol. The van der Waals surface area contributed by atoms with E-state index in [4.69, 9.17) is 0 Å². The second-order valence-corrected chi connectivity index (χ2v) is 7.29. The van der Waals surface area contributed by atoms with Crippen molar-refractivity contribution in [3.05, 3.63) is 11.4 Å². The van der Waals surface area contributed by atoms with Crippen molar-refractivity contribution in [2.24, 2.45) is 5.92 Å². The van der Waals surface area contributed by atoms with Crippen LogP contribution in [0.1, 0.15) is 31.2 Å². The summed E-state index contributed by atoms with van der Waals surface area (Å²) < 4.78 is 27.2. The summed E-state index contributed by atoms with van der Waals surface area (Å²) in [5.41, 5.74) is 1.16. The molecule has 7 heteroatoms. The number of hydrogen-bond donors (Lipinski definition) is 2. The highest BCUT2D eigenvalue weighted by Gasteiger charge is 2.30. The van der Waals surface area contributed by atoms with Gasteiger partial charge in [-0.25, -0.2) is 8.42 Å². The number of aromatic nitrogens is 2. The third kappa shape index (κ3) is 3.05. The summed E-state index contributed by atoms with van der Waals surface area (Å²) in [7, 11) is -3.45. The molecule has 1 aliphatic heterocycles. The number of aryl methyl sites for hydroxylation is 2. The SMILES string of the molecule is CCN(CC1CCNCC1)S(=O)(=O)c1c(C)n[nH]c1C. The predicted octanol–water partition coefficient (Wildman–Crippen LogP) is 1.04. The minimum absolute atomic E-state index is 0.341. The molecule has 0 spiro atoms. The number of nitrogens with zero attached hydrogens (tertiary/aromatic N) is 2. The Labute approximate surface area is 121 Å². The Morgan fingerprint density at radius 2 is 1.95 bits per heavy atom. The molecule has 0 saturated carbocycles. The zero-order valence-corrected chi connectivity index (χ0v) is 13.3. The van der Waals surface area contributed by atoms with Crippen molar-refractivity contribution in [3.63, 3.8) is 0 Å². The Morgan fingerprint density at radius 3 is 2.45 bits per heavy atom. The molecule has 1 aromatic rings. The maximum Gasteiger partial charge on any atom is 0.246 e. The van der Waals surface area contributed by atoms with Gasteiger partial charge in [0.25, 0.3) is 0 Å². The van der Waals surface area contributed by atoms with Gasteiger partial charge in [-0.1, -0.05) is 6.92 Å². The molecule has 20 heavy (non-hydrogen) atoms. The molecule has 114 valence electrons. The average molecular weight is 300 g/mol. The number of rotatable bonds is 5. The standard InChI is InChI=1S/C13H24N4O2S/c1-4-17(9-12-5-7-14-8-6-12)20(18,19)13-10(2)15-16-11(13)3/h12,14H,4-9H2,1-3H3,(H,15,16). The zero-order chi connectivity index (χ0) is 14.8. The molecule has 0 radical (unpaired) electrons. The highest BCUT2D eigenvalue weighted by molar-refractivity contribution is 7.89. The molecule has 0 atom stereocenters. The van der Waals surface area contributed by atoms with E-state index in [-0.39, 0.29) is 0 Å². The minimum Gasteiger partial charge on any atom is -0.317 e. The van der Waals surface area contributed by atoms with Crippen molar-refractivity contribution >= 4 is 10.0 Å². The molecule has 0 aliphatic carbocycles. The quantitative estimate of drug-likeness (QED) is 0.851. The van der Waals surface area contributed by atoms with E-state index < -0.39 is 10.0 Å². The Morgan fingerprint density at radius 1 is 1.30 bits per heavy atom. The van der Waals surface area contributed by atoms with Crippen LogP contribution in [0.4, 0.5) is 0 Å². The molecule has 2 N–H and O–H groups in total. The second kappa shape index (κ2) is 6.24. The van der Waals surface area contributed by atoms with E-state index in [9.17, 15) is 8.42 Å². The van der Waals surface area contributed by atoms with Crippen LogP contribution >= 0.6 is 0 Å². The van der Waals surface area contributed by atoms with Gasteiger partial charge < -0.3 is 5.32 Å². The summed E-state index contributed by atoms with van der Waals surface area (Å²) in [6, 6.07) is 0. The Kier molecular flexibility index (Phi) is 4.82. The van der Waals surface area contributed by atoms with Crippen LogP contribution in [0.25, 0.3) is 0 Å². The fourth-order valence-corrected chi connectivity index (χ4v) is 4.66. The lowest BCUT2D eigenvalue weighted by Gasteiger charge is -2.28. The van der Waals surface area contributed by atoms with Crippen molar-refractivity contribution in [1.82, 2.24) is 19.8 Å². The molecule has 0 aromatic carbocycles. The topological polar surface area (TPSA) is 78.1 Å². The molecule has 1 fully saturated rings. The first-order chi connectivity index (χ1) is 9.46. The lowest BCUT2D eigenvalue weighted by atomic mass is 9.98. The maximum absolute atomic E-state index is 12.8. The first-order valence-electron chi connectivity index (χ1n) is 7.19. The van der Waals surface area contributed by atoms with E-state index >= 15 is 0 Å². The van der Waals surface area contributed by atoms with Crippen molar-refractivity contribution in [3.8, 4) is 0 Å². The van der Waals surface area contributed by atoms with Crippen LogP contribution in [0.5, 0.6) is 0 Å². The van der Waals surface area contributed by atoms with E-state index in [0.29, 0.717) is 35.3 Å². The minimum atomic E-state index is -3.45. The highest BCUT2D eigenvalue weighted by atomic mass is 32.2. The summed E-state index contributed by atoms with van der Waals surface area (Å²) in [5.74, 6) is 0.443.